The van der Waals surface area contributed by atoms with Gasteiger partial charge < -0.3 is 20.0 Å². The Labute approximate surface area is 171 Å². The van der Waals surface area contributed by atoms with E-state index in [1.54, 1.807) is 17.8 Å². The van der Waals surface area contributed by atoms with Crippen LogP contribution in [0.3, 0.4) is 0 Å². The van der Waals surface area contributed by atoms with Crippen LogP contribution in [0.2, 0.25) is 0 Å². The third kappa shape index (κ3) is 3.59. The molecule has 7 nitrogen and oxygen atoms in total. The zero-order valence-electron chi connectivity index (χ0n) is 15.6. The number of amides is 1. The molecular formula is C21H19N5O2S. The Balaban J connectivity index is 1.37. The van der Waals surface area contributed by atoms with Crippen molar-refractivity contribution in [1.82, 2.24) is 15.3 Å². The van der Waals surface area contributed by atoms with E-state index in [1.165, 1.54) is 11.3 Å². The highest BCUT2D eigenvalue weighted by molar-refractivity contribution is 7.13. The van der Waals surface area contributed by atoms with E-state index in [9.17, 15) is 4.79 Å². The van der Waals surface area contributed by atoms with Crippen LogP contribution in [0.5, 0.6) is 0 Å². The minimum atomic E-state index is -0.256. The molecule has 1 aromatic carbocycles. The maximum Gasteiger partial charge on any atom is 0.275 e. The average Bonchev–Trinajstić information content (AvgIpc) is 3.42. The van der Waals surface area contributed by atoms with Gasteiger partial charge in [0.1, 0.15) is 11.3 Å². The molecule has 0 unspecified atom stereocenters. The molecule has 0 spiro atoms. The number of pyridine rings is 1. The van der Waals surface area contributed by atoms with Gasteiger partial charge in [0.25, 0.3) is 5.91 Å². The number of carbonyl (C=O) groups excluding carboxylic acids is 1. The minimum absolute atomic E-state index is 0.256. The van der Waals surface area contributed by atoms with Gasteiger partial charge >= 0.3 is 0 Å². The predicted octanol–water partition coefficient (Wildman–Crippen LogP) is 3.61. The average molecular weight is 405 g/mol. The summed E-state index contributed by atoms with van der Waals surface area (Å²) in [7, 11) is 0. The van der Waals surface area contributed by atoms with Crippen molar-refractivity contribution in [2.24, 2.45) is 0 Å². The zero-order chi connectivity index (χ0) is 19.6. The number of fused-ring (bicyclic) bond motifs is 1. The predicted molar refractivity (Wildman–Crippen MR) is 115 cm³/mol. The number of hydrogen-bond acceptors (Lipinski definition) is 7. The number of aromatic nitrogens is 2. The normalized spacial score (nSPS) is 14.3. The number of nitrogens with one attached hydrogen (secondary N) is 2. The second-order valence-corrected chi connectivity index (χ2v) is 7.63. The summed E-state index contributed by atoms with van der Waals surface area (Å²) >= 11 is 1.39. The van der Waals surface area contributed by atoms with Gasteiger partial charge in [-0.3, -0.25) is 9.78 Å². The summed E-state index contributed by atoms with van der Waals surface area (Å²) in [5.41, 5.74) is 2.83. The lowest BCUT2D eigenvalue weighted by molar-refractivity contribution is 0.102. The molecule has 4 heterocycles. The lowest BCUT2D eigenvalue weighted by Gasteiger charge is -2.30. The van der Waals surface area contributed by atoms with Gasteiger partial charge in [-0.1, -0.05) is 18.2 Å². The van der Waals surface area contributed by atoms with Crippen molar-refractivity contribution in [3.8, 4) is 10.8 Å². The van der Waals surface area contributed by atoms with Crippen molar-refractivity contribution in [1.29, 1.82) is 0 Å². The highest BCUT2D eigenvalue weighted by Crippen LogP contribution is 2.31. The molecule has 3 aromatic heterocycles. The smallest absolute Gasteiger partial charge is 0.275 e. The first-order chi connectivity index (χ1) is 14.3. The number of benzene rings is 1. The number of rotatable bonds is 4. The summed E-state index contributed by atoms with van der Waals surface area (Å²) in [4.78, 5) is 23.7. The quantitative estimate of drug-likeness (QED) is 0.540. The van der Waals surface area contributed by atoms with Crippen LogP contribution >= 0.6 is 11.3 Å². The van der Waals surface area contributed by atoms with E-state index >= 15 is 0 Å². The summed E-state index contributed by atoms with van der Waals surface area (Å²) in [5.74, 6) is 0.408. The van der Waals surface area contributed by atoms with Gasteiger partial charge in [-0.15, -0.1) is 11.3 Å². The van der Waals surface area contributed by atoms with Crippen LogP contribution in [0.25, 0.3) is 21.7 Å². The van der Waals surface area contributed by atoms with Gasteiger partial charge in [-0.2, -0.15) is 0 Å². The lowest BCUT2D eigenvalue weighted by Crippen LogP contribution is -2.43. The fourth-order valence-electron chi connectivity index (χ4n) is 3.43. The molecule has 0 bridgehead atoms. The molecule has 0 saturated carbocycles. The van der Waals surface area contributed by atoms with Crippen LogP contribution in [0, 0.1) is 0 Å². The number of carbonyl (C=O) groups is 1. The second kappa shape index (κ2) is 7.65. The van der Waals surface area contributed by atoms with Crippen molar-refractivity contribution in [2.75, 3.05) is 36.4 Å². The van der Waals surface area contributed by atoms with Gasteiger partial charge in [0.15, 0.2) is 10.8 Å². The van der Waals surface area contributed by atoms with E-state index in [0.29, 0.717) is 22.1 Å². The Bertz CT molecular complexity index is 1130. The first-order valence-electron chi connectivity index (χ1n) is 9.43. The molecule has 0 atom stereocenters. The largest absolute Gasteiger partial charge is 0.454 e. The molecule has 1 fully saturated rings. The SMILES string of the molecule is O=C(Nc1cnccc1N1CCNCC1)c1csc(-c2cc3ccccc3o2)n1. The molecule has 29 heavy (non-hydrogen) atoms. The number of anilines is 2. The Morgan fingerprint density at radius 2 is 2.07 bits per heavy atom. The van der Waals surface area contributed by atoms with Crippen LogP contribution in [0.15, 0.2) is 58.6 Å². The molecule has 4 aromatic rings. The highest BCUT2D eigenvalue weighted by atomic mass is 32.1. The molecular weight excluding hydrogens is 386 g/mol. The minimum Gasteiger partial charge on any atom is -0.454 e. The summed E-state index contributed by atoms with van der Waals surface area (Å²) < 4.78 is 5.86. The van der Waals surface area contributed by atoms with Crippen LogP contribution in [-0.2, 0) is 0 Å². The summed E-state index contributed by atoms with van der Waals surface area (Å²) in [6, 6.07) is 11.7. The van der Waals surface area contributed by atoms with Crippen molar-refractivity contribution in [3.63, 3.8) is 0 Å². The van der Waals surface area contributed by atoms with Gasteiger partial charge in [0.2, 0.25) is 0 Å². The van der Waals surface area contributed by atoms with Gasteiger partial charge in [-0.25, -0.2) is 4.98 Å². The van der Waals surface area contributed by atoms with E-state index in [1.807, 2.05) is 36.4 Å². The fraction of sp³-hybridized carbons (Fsp3) is 0.190. The number of thiazole rings is 1. The van der Waals surface area contributed by atoms with E-state index < -0.39 is 0 Å². The van der Waals surface area contributed by atoms with Gasteiger partial charge in [-0.05, 0) is 18.2 Å². The summed E-state index contributed by atoms with van der Waals surface area (Å²) in [6.45, 7) is 3.62. The number of piperazine rings is 1. The van der Waals surface area contributed by atoms with Crippen LogP contribution in [0.4, 0.5) is 11.4 Å². The Morgan fingerprint density at radius 3 is 2.93 bits per heavy atom. The molecule has 1 amide bonds. The van der Waals surface area contributed by atoms with E-state index in [2.05, 4.69) is 25.5 Å². The topological polar surface area (TPSA) is 83.3 Å². The maximum absolute atomic E-state index is 12.8. The highest BCUT2D eigenvalue weighted by Gasteiger charge is 2.19. The standard InChI is InChI=1S/C21H19N5O2S/c27-20(24-15-12-23-6-5-17(15)26-9-7-22-8-10-26)16-13-29-21(25-16)19-11-14-3-1-2-4-18(14)28-19/h1-6,11-13,22H,7-10H2,(H,24,27). The van der Waals surface area contributed by atoms with Crippen molar-refractivity contribution in [3.05, 3.63) is 59.9 Å². The Morgan fingerprint density at radius 1 is 1.21 bits per heavy atom. The maximum atomic E-state index is 12.8. The molecule has 2 N–H and O–H groups in total. The molecule has 1 saturated heterocycles. The van der Waals surface area contributed by atoms with Crippen molar-refractivity contribution >= 4 is 39.6 Å². The fourth-order valence-corrected chi connectivity index (χ4v) is 4.18. The number of nitrogens with zero attached hydrogens (tertiary/aromatic N) is 3. The van der Waals surface area contributed by atoms with E-state index in [-0.39, 0.29) is 5.91 Å². The Hall–Kier alpha value is -3.23. The van der Waals surface area contributed by atoms with Crippen LogP contribution < -0.4 is 15.5 Å². The molecule has 1 aliphatic heterocycles. The molecule has 0 aliphatic carbocycles. The first kappa shape index (κ1) is 17.8. The summed E-state index contributed by atoms with van der Waals surface area (Å²) in [6.07, 6.45) is 3.43. The molecule has 1 aliphatic rings. The van der Waals surface area contributed by atoms with E-state index in [4.69, 9.17) is 4.42 Å². The third-order valence-corrected chi connectivity index (χ3v) is 5.73. The Kier molecular flexibility index (Phi) is 4.71. The van der Waals surface area contributed by atoms with Crippen molar-refractivity contribution in [2.45, 2.75) is 0 Å². The monoisotopic (exact) mass is 405 g/mol. The first-order valence-corrected chi connectivity index (χ1v) is 10.3. The molecule has 5 rings (SSSR count). The van der Waals surface area contributed by atoms with Crippen LogP contribution in [0.1, 0.15) is 10.5 Å². The molecule has 8 heteroatoms. The molecule has 146 valence electrons. The number of furan rings is 1. The zero-order valence-corrected chi connectivity index (χ0v) is 16.4. The van der Waals surface area contributed by atoms with Gasteiger partial charge in [0.05, 0.1) is 17.6 Å². The van der Waals surface area contributed by atoms with E-state index in [0.717, 1.165) is 42.8 Å². The van der Waals surface area contributed by atoms with Crippen molar-refractivity contribution < 1.29 is 9.21 Å². The second-order valence-electron chi connectivity index (χ2n) is 6.77. The lowest BCUT2D eigenvalue weighted by atomic mass is 10.2. The van der Waals surface area contributed by atoms with Gasteiger partial charge in [0, 0.05) is 43.1 Å². The van der Waals surface area contributed by atoms with Crippen LogP contribution in [-0.4, -0.2) is 42.1 Å². The number of hydrogen-bond donors (Lipinski definition) is 2. The summed E-state index contributed by atoms with van der Waals surface area (Å²) in [5, 5.41) is 9.74. The molecule has 0 radical (unpaired) electrons. The number of para-hydroxylation sites is 1. The third-order valence-electron chi connectivity index (χ3n) is 4.88.